The van der Waals surface area contributed by atoms with E-state index in [9.17, 15) is 23.6 Å². The van der Waals surface area contributed by atoms with E-state index in [1.165, 1.54) is 24.4 Å². The van der Waals surface area contributed by atoms with Crippen molar-refractivity contribution < 1.29 is 23.0 Å². The van der Waals surface area contributed by atoms with E-state index in [1.54, 1.807) is 0 Å². The van der Waals surface area contributed by atoms with Gasteiger partial charge in [-0.1, -0.05) is 0 Å². The van der Waals surface area contributed by atoms with Crippen molar-refractivity contribution in [3.05, 3.63) is 52.2 Å². The van der Waals surface area contributed by atoms with E-state index >= 15 is 0 Å². The molecule has 1 aromatic carbocycles. The molecule has 0 atom stereocenters. The first-order chi connectivity index (χ1) is 10.8. The Morgan fingerprint density at radius 3 is 2.61 bits per heavy atom. The molecule has 2 aromatic rings. The summed E-state index contributed by atoms with van der Waals surface area (Å²) < 4.78 is 31.1. The van der Waals surface area contributed by atoms with E-state index in [2.05, 4.69) is 15.5 Å². The molecule has 0 saturated heterocycles. The minimum Gasteiger partial charge on any atom is -0.506 e. The molecular formula is C12H10N4O6S. The lowest BCUT2D eigenvalue weighted by Gasteiger charge is -2.02. The van der Waals surface area contributed by atoms with E-state index in [4.69, 9.17) is 4.55 Å². The molecule has 2 rings (SSSR count). The number of nitro groups is 1. The maximum absolute atomic E-state index is 11.1. The number of phenolic OH excluding ortho intramolecular Hbond substituents is 1. The minimum atomic E-state index is -4.55. The summed E-state index contributed by atoms with van der Waals surface area (Å²) >= 11 is 0. The Kier molecular flexibility index (Phi) is 4.52. The third-order valence-corrected chi connectivity index (χ3v) is 3.50. The fourth-order valence-corrected chi connectivity index (χ4v) is 2.17. The van der Waals surface area contributed by atoms with Crippen LogP contribution in [-0.2, 0) is 10.1 Å². The van der Waals surface area contributed by atoms with Gasteiger partial charge in [-0.3, -0.25) is 20.1 Å². The molecule has 0 fully saturated rings. The van der Waals surface area contributed by atoms with Crippen LogP contribution in [-0.4, -0.2) is 34.2 Å². The second-order valence-corrected chi connectivity index (χ2v) is 5.62. The molecule has 11 heteroatoms. The number of hydrazone groups is 1. The van der Waals surface area contributed by atoms with Crippen molar-refractivity contribution >= 4 is 27.8 Å². The molecule has 120 valence electrons. The second kappa shape index (κ2) is 6.37. The topological polar surface area (TPSA) is 155 Å². The molecule has 0 unspecified atom stereocenters. The maximum atomic E-state index is 11.1. The highest BCUT2D eigenvalue weighted by molar-refractivity contribution is 7.86. The summed E-state index contributed by atoms with van der Waals surface area (Å²) in [5.74, 6) is -0.352. The molecule has 0 aliphatic heterocycles. The number of pyridine rings is 1. The van der Waals surface area contributed by atoms with E-state index in [-0.39, 0.29) is 17.1 Å². The van der Waals surface area contributed by atoms with Gasteiger partial charge in [0.05, 0.1) is 11.1 Å². The number of nitrogens with one attached hydrogen (secondary N) is 1. The zero-order chi connectivity index (χ0) is 17.0. The van der Waals surface area contributed by atoms with Crippen molar-refractivity contribution in [3.63, 3.8) is 0 Å². The Morgan fingerprint density at radius 2 is 2.04 bits per heavy atom. The summed E-state index contributed by atoms with van der Waals surface area (Å²) in [4.78, 5) is 13.0. The molecular weight excluding hydrogens is 328 g/mol. The maximum Gasteiger partial charge on any atom is 0.298 e. The van der Waals surface area contributed by atoms with E-state index in [0.29, 0.717) is 0 Å². The molecule has 1 heterocycles. The molecule has 10 nitrogen and oxygen atoms in total. The smallest absolute Gasteiger partial charge is 0.298 e. The third kappa shape index (κ3) is 4.21. The van der Waals surface area contributed by atoms with Gasteiger partial charge in [0.15, 0.2) is 0 Å². The van der Waals surface area contributed by atoms with Crippen LogP contribution in [0.4, 0.5) is 11.5 Å². The van der Waals surface area contributed by atoms with Crippen LogP contribution in [0.5, 0.6) is 5.75 Å². The predicted octanol–water partition coefficient (Wildman–Crippen LogP) is 1.39. The van der Waals surface area contributed by atoms with Gasteiger partial charge in [0.25, 0.3) is 15.8 Å². The van der Waals surface area contributed by atoms with Gasteiger partial charge in [-0.05, 0) is 29.8 Å². The lowest BCUT2D eigenvalue weighted by Crippen LogP contribution is -2.00. The summed E-state index contributed by atoms with van der Waals surface area (Å²) in [6, 6.07) is 6.07. The molecule has 0 aliphatic carbocycles. The molecule has 0 bridgehead atoms. The van der Waals surface area contributed by atoms with Gasteiger partial charge in [0.2, 0.25) is 0 Å². The van der Waals surface area contributed by atoms with Crippen LogP contribution >= 0.6 is 0 Å². The van der Waals surface area contributed by atoms with Crippen molar-refractivity contribution in [1.82, 2.24) is 4.98 Å². The number of nitrogens with zero attached hydrogens (tertiary/aromatic N) is 3. The number of anilines is 1. The third-order valence-electron chi connectivity index (χ3n) is 2.61. The van der Waals surface area contributed by atoms with Gasteiger partial charge in [-0.25, -0.2) is 4.98 Å². The van der Waals surface area contributed by atoms with Crippen LogP contribution in [0.15, 0.2) is 46.5 Å². The molecule has 0 amide bonds. The number of phenols is 1. The summed E-state index contributed by atoms with van der Waals surface area (Å²) in [5, 5.41) is 23.6. The quantitative estimate of drug-likeness (QED) is 0.319. The fraction of sp³-hybridized carbons (Fsp3) is 0. The van der Waals surface area contributed by atoms with E-state index < -0.39 is 25.7 Å². The zero-order valence-electron chi connectivity index (χ0n) is 11.3. The normalized spacial score (nSPS) is 11.5. The molecule has 23 heavy (non-hydrogen) atoms. The van der Waals surface area contributed by atoms with Crippen LogP contribution in [0.3, 0.4) is 0 Å². The molecule has 1 aromatic heterocycles. The SMILES string of the molecule is O=[N+]([O-])c1ccc(NN=Cc2ccc(O)c(S(=O)(=O)O)c2)nc1. The van der Waals surface area contributed by atoms with Gasteiger partial charge < -0.3 is 5.11 Å². The average Bonchev–Trinajstić information content (AvgIpc) is 2.48. The lowest BCUT2D eigenvalue weighted by molar-refractivity contribution is -0.385. The standard InChI is InChI=1S/C12H10N4O6S/c17-10-3-1-8(5-11(10)23(20,21)22)6-14-15-12-4-2-9(7-13-12)16(18)19/h1-7,17H,(H,13,15)(H,20,21,22). The van der Waals surface area contributed by atoms with Crippen molar-refractivity contribution in [2.45, 2.75) is 4.90 Å². The van der Waals surface area contributed by atoms with Crippen molar-refractivity contribution in [1.29, 1.82) is 0 Å². The summed E-state index contributed by atoms with van der Waals surface area (Å²) in [6.45, 7) is 0. The summed E-state index contributed by atoms with van der Waals surface area (Å²) in [7, 11) is -4.55. The van der Waals surface area contributed by atoms with Gasteiger partial charge in [0, 0.05) is 6.07 Å². The fourth-order valence-electron chi connectivity index (χ4n) is 1.55. The Bertz CT molecular complexity index is 864. The largest absolute Gasteiger partial charge is 0.506 e. The Hall–Kier alpha value is -3.05. The van der Waals surface area contributed by atoms with Gasteiger partial charge in [-0.15, -0.1) is 0 Å². The van der Waals surface area contributed by atoms with Crippen LogP contribution in [0, 0.1) is 10.1 Å². The Balaban J connectivity index is 2.13. The number of benzene rings is 1. The zero-order valence-corrected chi connectivity index (χ0v) is 12.1. The van der Waals surface area contributed by atoms with Crippen LogP contribution in [0.2, 0.25) is 0 Å². The molecule has 0 radical (unpaired) electrons. The molecule has 3 N–H and O–H groups in total. The summed E-state index contributed by atoms with van der Waals surface area (Å²) in [6.07, 6.45) is 2.27. The molecule has 0 aliphatic rings. The van der Waals surface area contributed by atoms with Gasteiger partial charge in [-0.2, -0.15) is 13.5 Å². The molecule has 0 saturated carbocycles. The van der Waals surface area contributed by atoms with Crippen molar-refractivity contribution in [2.24, 2.45) is 5.10 Å². The first-order valence-electron chi connectivity index (χ1n) is 5.97. The Morgan fingerprint density at radius 1 is 1.30 bits per heavy atom. The number of aromatic nitrogens is 1. The number of aromatic hydroxyl groups is 1. The highest BCUT2D eigenvalue weighted by Crippen LogP contribution is 2.22. The minimum absolute atomic E-state index is 0.171. The Labute approximate surface area is 130 Å². The average molecular weight is 338 g/mol. The summed E-state index contributed by atoms with van der Waals surface area (Å²) in [5.41, 5.74) is 2.61. The van der Waals surface area contributed by atoms with E-state index in [1.807, 2.05) is 0 Å². The highest BCUT2D eigenvalue weighted by Gasteiger charge is 2.15. The van der Waals surface area contributed by atoms with Gasteiger partial charge >= 0.3 is 0 Å². The van der Waals surface area contributed by atoms with Crippen LogP contribution < -0.4 is 5.43 Å². The first-order valence-corrected chi connectivity index (χ1v) is 7.41. The van der Waals surface area contributed by atoms with Crippen molar-refractivity contribution in [2.75, 3.05) is 5.43 Å². The molecule has 0 spiro atoms. The van der Waals surface area contributed by atoms with E-state index in [0.717, 1.165) is 18.3 Å². The second-order valence-electron chi connectivity index (χ2n) is 4.23. The monoisotopic (exact) mass is 338 g/mol. The van der Waals surface area contributed by atoms with Crippen LogP contribution in [0.1, 0.15) is 5.56 Å². The highest BCUT2D eigenvalue weighted by atomic mass is 32.2. The lowest BCUT2D eigenvalue weighted by atomic mass is 10.2. The first kappa shape index (κ1) is 16.3. The predicted molar refractivity (Wildman–Crippen MR) is 80.0 cm³/mol. The van der Waals surface area contributed by atoms with Crippen molar-refractivity contribution in [3.8, 4) is 5.75 Å². The van der Waals surface area contributed by atoms with Gasteiger partial charge in [0.1, 0.15) is 22.7 Å². The number of rotatable bonds is 5. The van der Waals surface area contributed by atoms with Crippen LogP contribution in [0.25, 0.3) is 0 Å². The number of hydrogen-bond donors (Lipinski definition) is 3. The number of hydrogen-bond acceptors (Lipinski definition) is 8.